The lowest BCUT2D eigenvalue weighted by Gasteiger charge is -2.36. The highest BCUT2D eigenvalue weighted by Gasteiger charge is 2.41. The number of rotatable bonds is 4. The van der Waals surface area contributed by atoms with Gasteiger partial charge in [-0.3, -0.25) is 0 Å². The highest BCUT2D eigenvalue weighted by atomic mass is 16.5. The van der Waals surface area contributed by atoms with Crippen molar-refractivity contribution in [1.82, 2.24) is 14.7 Å². The largest absolute Gasteiger partial charge is 0.383 e. The number of urea groups is 2. The summed E-state index contributed by atoms with van der Waals surface area (Å²) < 4.78 is 5.04. The van der Waals surface area contributed by atoms with E-state index in [4.69, 9.17) is 4.74 Å². The van der Waals surface area contributed by atoms with Gasteiger partial charge in [-0.2, -0.15) is 0 Å². The van der Waals surface area contributed by atoms with Gasteiger partial charge in [0.05, 0.1) is 12.6 Å². The Balaban J connectivity index is 1.57. The van der Waals surface area contributed by atoms with Crippen molar-refractivity contribution < 1.29 is 14.3 Å². The van der Waals surface area contributed by atoms with E-state index in [0.717, 1.165) is 5.69 Å². The predicted molar refractivity (Wildman–Crippen MR) is 86.4 cm³/mol. The molecule has 1 atom stereocenters. The number of para-hydroxylation sites is 1. The summed E-state index contributed by atoms with van der Waals surface area (Å²) in [7, 11) is 1.63. The molecule has 1 aromatic carbocycles. The number of hydrogen-bond donors (Lipinski definition) is 1. The first-order valence-corrected chi connectivity index (χ1v) is 7.84. The summed E-state index contributed by atoms with van der Waals surface area (Å²) >= 11 is 0. The Hall–Kier alpha value is -2.28. The minimum atomic E-state index is -0.112. The number of carbonyl (C=O) groups is 2. The number of ether oxygens (including phenoxy) is 1. The highest BCUT2D eigenvalue weighted by Crippen LogP contribution is 2.21. The topological polar surface area (TPSA) is 65.1 Å². The summed E-state index contributed by atoms with van der Waals surface area (Å²) in [5.41, 5.74) is 0.782. The summed E-state index contributed by atoms with van der Waals surface area (Å²) in [6.07, 6.45) is 0. The molecule has 2 aliphatic rings. The number of hydrogen-bond acceptors (Lipinski definition) is 3. The zero-order valence-corrected chi connectivity index (χ0v) is 13.3. The normalized spacial score (nSPS) is 20.7. The Morgan fingerprint density at radius 3 is 2.78 bits per heavy atom. The van der Waals surface area contributed by atoms with Gasteiger partial charge in [0.2, 0.25) is 0 Å². The molecular formula is C16H22N4O3. The van der Waals surface area contributed by atoms with Gasteiger partial charge in [-0.15, -0.1) is 0 Å². The molecule has 7 heteroatoms. The van der Waals surface area contributed by atoms with Gasteiger partial charge in [0, 0.05) is 45.5 Å². The summed E-state index contributed by atoms with van der Waals surface area (Å²) in [5.74, 6) is 0. The number of nitrogens with one attached hydrogen (secondary N) is 1. The van der Waals surface area contributed by atoms with E-state index in [2.05, 4.69) is 5.32 Å². The molecule has 0 saturated carbocycles. The highest BCUT2D eigenvalue weighted by molar-refractivity contribution is 5.89. The molecule has 3 rings (SSSR count). The molecule has 7 nitrogen and oxygen atoms in total. The molecule has 0 aliphatic carbocycles. The van der Waals surface area contributed by atoms with E-state index in [-0.39, 0.29) is 18.1 Å². The van der Waals surface area contributed by atoms with E-state index in [1.807, 2.05) is 35.2 Å². The van der Waals surface area contributed by atoms with E-state index < -0.39 is 0 Å². The maximum Gasteiger partial charge on any atom is 0.321 e. The zero-order chi connectivity index (χ0) is 16.2. The summed E-state index contributed by atoms with van der Waals surface area (Å²) in [6.45, 7) is 3.47. The molecule has 4 amide bonds. The minimum Gasteiger partial charge on any atom is -0.383 e. The molecule has 1 N–H and O–H groups in total. The van der Waals surface area contributed by atoms with Crippen LogP contribution in [0.15, 0.2) is 30.3 Å². The summed E-state index contributed by atoms with van der Waals surface area (Å²) in [6, 6.07) is 9.41. The molecule has 2 heterocycles. The van der Waals surface area contributed by atoms with Gasteiger partial charge in [-0.1, -0.05) is 18.2 Å². The molecule has 0 radical (unpaired) electrons. The maximum absolute atomic E-state index is 12.4. The second kappa shape index (κ2) is 6.87. The van der Waals surface area contributed by atoms with Crippen molar-refractivity contribution in [2.45, 2.75) is 6.04 Å². The molecule has 2 aliphatic heterocycles. The average molecular weight is 318 g/mol. The van der Waals surface area contributed by atoms with Gasteiger partial charge in [-0.25, -0.2) is 9.59 Å². The van der Waals surface area contributed by atoms with Gasteiger partial charge < -0.3 is 24.8 Å². The Bertz CT molecular complexity index is 566. The quantitative estimate of drug-likeness (QED) is 0.910. The molecule has 0 spiro atoms. The van der Waals surface area contributed by atoms with Crippen LogP contribution < -0.4 is 5.32 Å². The van der Waals surface area contributed by atoms with Gasteiger partial charge in [0.25, 0.3) is 0 Å². The van der Waals surface area contributed by atoms with Gasteiger partial charge in [0.15, 0.2) is 0 Å². The average Bonchev–Trinajstić information content (AvgIpc) is 2.89. The number of nitrogens with zero attached hydrogens (tertiary/aromatic N) is 3. The standard InChI is InChI=1S/C16H22N4O3/c1-23-10-9-19-12-14-11-18(7-8-20(14)16(19)22)15(21)17-13-5-3-2-4-6-13/h2-6,14H,7-12H2,1H3,(H,17,21)/t14-/m1/s1. The van der Waals surface area contributed by atoms with Crippen molar-refractivity contribution in [2.75, 3.05) is 51.8 Å². The second-order valence-electron chi connectivity index (χ2n) is 5.81. The fourth-order valence-corrected chi connectivity index (χ4v) is 3.07. The van der Waals surface area contributed by atoms with Gasteiger partial charge in [-0.05, 0) is 12.1 Å². The minimum absolute atomic E-state index is 0.0511. The van der Waals surface area contributed by atoms with Crippen LogP contribution in [0, 0.1) is 0 Å². The number of anilines is 1. The lowest BCUT2D eigenvalue weighted by atomic mass is 10.2. The van der Waals surface area contributed by atoms with E-state index in [9.17, 15) is 9.59 Å². The van der Waals surface area contributed by atoms with E-state index in [1.165, 1.54) is 0 Å². The van der Waals surface area contributed by atoms with E-state index >= 15 is 0 Å². The van der Waals surface area contributed by atoms with Crippen LogP contribution in [0.5, 0.6) is 0 Å². The first kappa shape index (κ1) is 15.6. The van der Waals surface area contributed by atoms with E-state index in [1.54, 1.807) is 16.9 Å². The maximum atomic E-state index is 12.4. The first-order chi connectivity index (χ1) is 11.2. The Morgan fingerprint density at radius 1 is 1.26 bits per heavy atom. The second-order valence-corrected chi connectivity index (χ2v) is 5.81. The lowest BCUT2D eigenvalue weighted by Crippen LogP contribution is -2.54. The van der Waals surface area contributed by atoms with Crippen LogP contribution in [0.25, 0.3) is 0 Å². The fourth-order valence-electron chi connectivity index (χ4n) is 3.07. The number of piperazine rings is 1. The number of methoxy groups -OCH3 is 1. The van der Waals surface area contributed by atoms with Crippen molar-refractivity contribution >= 4 is 17.7 Å². The Morgan fingerprint density at radius 2 is 2.04 bits per heavy atom. The van der Waals surface area contributed by atoms with E-state index in [0.29, 0.717) is 39.3 Å². The predicted octanol–water partition coefficient (Wildman–Crippen LogP) is 1.29. The van der Waals surface area contributed by atoms with Crippen LogP contribution in [0.4, 0.5) is 15.3 Å². The molecule has 2 fully saturated rings. The van der Waals surface area contributed by atoms with Crippen molar-refractivity contribution in [2.24, 2.45) is 0 Å². The zero-order valence-electron chi connectivity index (χ0n) is 13.3. The number of amides is 4. The number of benzene rings is 1. The molecule has 0 aromatic heterocycles. The molecule has 2 saturated heterocycles. The monoisotopic (exact) mass is 318 g/mol. The first-order valence-electron chi connectivity index (χ1n) is 7.84. The van der Waals surface area contributed by atoms with Gasteiger partial charge in [0.1, 0.15) is 0 Å². The third kappa shape index (κ3) is 3.39. The van der Waals surface area contributed by atoms with Gasteiger partial charge >= 0.3 is 12.1 Å². The van der Waals surface area contributed by atoms with Crippen molar-refractivity contribution in [3.63, 3.8) is 0 Å². The number of carbonyl (C=O) groups excluding carboxylic acids is 2. The summed E-state index contributed by atoms with van der Waals surface area (Å²) in [4.78, 5) is 30.1. The Kier molecular flexibility index (Phi) is 4.66. The molecule has 124 valence electrons. The van der Waals surface area contributed by atoms with Crippen molar-refractivity contribution in [1.29, 1.82) is 0 Å². The molecular weight excluding hydrogens is 296 g/mol. The van der Waals surface area contributed by atoms with Crippen LogP contribution in [-0.2, 0) is 4.74 Å². The smallest absolute Gasteiger partial charge is 0.321 e. The van der Waals surface area contributed by atoms with Crippen LogP contribution in [0.1, 0.15) is 0 Å². The van der Waals surface area contributed by atoms with Crippen LogP contribution >= 0.6 is 0 Å². The van der Waals surface area contributed by atoms with Crippen molar-refractivity contribution in [3.8, 4) is 0 Å². The molecule has 0 unspecified atom stereocenters. The van der Waals surface area contributed by atoms with Crippen LogP contribution in [0.3, 0.4) is 0 Å². The SMILES string of the molecule is COCCN1C[C@H]2CN(C(=O)Nc3ccccc3)CCN2C1=O. The van der Waals surface area contributed by atoms with Crippen LogP contribution in [0.2, 0.25) is 0 Å². The molecule has 0 bridgehead atoms. The van der Waals surface area contributed by atoms with Crippen LogP contribution in [-0.4, -0.2) is 79.2 Å². The van der Waals surface area contributed by atoms with Crippen molar-refractivity contribution in [3.05, 3.63) is 30.3 Å². The lowest BCUT2D eigenvalue weighted by molar-refractivity contribution is 0.133. The molecule has 1 aromatic rings. The third-order valence-corrected chi connectivity index (χ3v) is 4.31. The third-order valence-electron chi connectivity index (χ3n) is 4.31. The Labute approximate surface area is 135 Å². The molecule has 23 heavy (non-hydrogen) atoms. The summed E-state index contributed by atoms with van der Waals surface area (Å²) in [5, 5.41) is 2.90. The number of fused-ring (bicyclic) bond motifs is 1. The fraction of sp³-hybridized carbons (Fsp3) is 0.500.